The van der Waals surface area contributed by atoms with E-state index in [1.165, 1.54) is 18.9 Å². The van der Waals surface area contributed by atoms with Crippen molar-refractivity contribution >= 4 is 52.2 Å². The number of thioether (sulfide) groups is 1. The van der Waals surface area contributed by atoms with Gasteiger partial charge >= 0.3 is 5.97 Å². The Bertz CT molecular complexity index is 1270. The van der Waals surface area contributed by atoms with E-state index in [4.69, 9.17) is 25.5 Å². The molecule has 2 aromatic carbocycles. The fourth-order valence-corrected chi connectivity index (χ4v) is 4.46. The van der Waals surface area contributed by atoms with Crippen LogP contribution in [0.15, 0.2) is 75.0 Å². The summed E-state index contributed by atoms with van der Waals surface area (Å²) in [6.45, 7) is 0.762. The zero-order chi connectivity index (χ0) is 24.1. The molecule has 3 aromatic rings. The summed E-state index contributed by atoms with van der Waals surface area (Å²) >= 11 is 7.59. The van der Waals surface area contributed by atoms with Crippen LogP contribution in [0.3, 0.4) is 0 Å². The topological polar surface area (TPSA) is 81.3 Å². The molecular weight excluding hydrogens is 476 g/mol. The summed E-state index contributed by atoms with van der Waals surface area (Å²) in [4.78, 5) is 31.7. The minimum atomic E-state index is -0.471. The molecule has 7 nitrogen and oxygen atoms in total. The van der Waals surface area contributed by atoms with Gasteiger partial charge in [-0.25, -0.2) is 9.79 Å². The molecule has 9 heteroatoms. The highest BCUT2D eigenvalue weighted by molar-refractivity contribution is 8.18. The van der Waals surface area contributed by atoms with Crippen LogP contribution in [0.25, 0.3) is 17.4 Å². The molecule has 1 amide bonds. The second-order valence-electron chi connectivity index (χ2n) is 7.18. The van der Waals surface area contributed by atoms with Crippen molar-refractivity contribution in [2.24, 2.45) is 4.99 Å². The standard InChI is InChI=1S/C25H21ClN2O5S/c1-31-13-12-28-23(29)22(34-25(28)27-17-6-4-3-5-7-17)15-18-9-11-21(33-18)19-14-16(24(30)32-2)8-10-20(19)26/h3-11,14-15H,12-13H2,1-2H3/b22-15+,27-25?. The Morgan fingerprint density at radius 3 is 2.68 bits per heavy atom. The zero-order valence-corrected chi connectivity index (χ0v) is 20.1. The number of furan rings is 1. The van der Waals surface area contributed by atoms with E-state index in [1.54, 1.807) is 48.4 Å². The van der Waals surface area contributed by atoms with Crippen LogP contribution in [-0.4, -0.2) is 49.3 Å². The van der Waals surface area contributed by atoms with E-state index in [2.05, 4.69) is 4.99 Å². The molecule has 1 aromatic heterocycles. The first-order valence-corrected chi connectivity index (χ1v) is 11.5. The van der Waals surface area contributed by atoms with Crippen LogP contribution >= 0.6 is 23.4 Å². The van der Waals surface area contributed by atoms with Gasteiger partial charge in [-0.1, -0.05) is 29.8 Å². The predicted molar refractivity (Wildman–Crippen MR) is 133 cm³/mol. The Morgan fingerprint density at radius 2 is 1.94 bits per heavy atom. The van der Waals surface area contributed by atoms with Crippen LogP contribution in [-0.2, 0) is 14.3 Å². The lowest BCUT2D eigenvalue weighted by atomic mass is 10.1. The number of esters is 1. The molecule has 0 spiro atoms. The van der Waals surface area contributed by atoms with Crippen molar-refractivity contribution in [1.29, 1.82) is 0 Å². The van der Waals surface area contributed by atoms with Crippen LogP contribution < -0.4 is 0 Å². The summed E-state index contributed by atoms with van der Waals surface area (Å²) in [6.07, 6.45) is 1.67. The minimum Gasteiger partial charge on any atom is -0.465 e. The molecule has 0 unspecified atom stereocenters. The number of carbonyl (C=O) groups excluding carboxylic acids is 2. The summed E-state index contributed by atoms with van der Waals surface area (Å²) in [7, 11) is 2.90. The van der Waals surface area contributed by atoms with E-state index < -0.39 is 5.97 Å². The van der Waals surface area contributed by atoms with Gasteiger partial charge in [0.15, 0.2) is 5.17 Å². The van der Waals surface area contributed by atoms with Gasteiger partial charge in [-0.05, 0) is 54.2 Å². The number of rotatable bonds is 7. The van der Waals surface area contributed by atoms with Gasteiger partial charge in [0.2, 0.25) is 0 Å². The summed E-state index contributed by atoms with van der Waals surface area (Å²) in [5, 5.41) is 0.996. The number of methoxy groups -OCH3 is 2. The molecule has 1 aliphatic heterocycles. The van der Waals surface area contributed by atoms with Crippen molar-refractivity contribution in [3.05, 3.63) is 81.9 Å². The number of benzene rings is 2. The lowest BCUT2D eigenvalue weighted by Crippen LogP contribution is -2.32. The van der Waals surface area contributed by atoms with Gasteiger partial charge in [0.05, 0.1) is 41.4 Å². The Morgan fingerprint density at radius 1 is 1.15 bits per heavy atom. The average molecular weight is 497 g/mol. The van der Waals surface area contributed by atoms with Gasteiger partial charge in [-0.15, -0.1) is 0 Å². The van der Waals surface area contributed by atoms with E-state index in [1.807, 2.05) is 30.3 Å². The molecule has 0 aliphatic carbocycles. The number of amidine groups is 1. The van der Waals surface area contributed by atoms with E-state index in [0.717, 1.165) is 5.69 Å². The predicted octanol–water partition coefficient (Wildman–Crippen LogP) is 5.64. The molecule has 1 fully saturated rings. The van der Waals surface area contributed by atoms with Crippen molar-refractivity contribution in [2.75, 3.05) is 27.4 Å². The van der Waals surface area contributed by atoms with Crippen LogP contribution in [0.2, 0.25) is 5.02 Å². The van der Waals surface area contributed by atoms with Crippen LogP contribution in [0, 0.1) is 0 Å². The fraction of sp³-hybridized carbons (Fsp3) is 0.160. The molecule has 34 heavy (non-hydrogen) atoms. The average Bonchev–Trinajstić information content (AvgIpc) is 3.43. The smallest absolute Gasteiger partial charge is 0.337 e. The zero-order valence-electron chi connectivity index (χ0n) is 18.5. The Hall–Kier alpha value is -3.33. The third-order valence-corrected chi connectivity index (χ3v) is 6.28. The molecule has 0 atom stereocenters. The van der Waals surface area contributed by atoms with Crippen molar-refractivity contribution in [1.82, 2.24) is 4.90 Å². The Kier molecular flexibility index (Phi) is 7.52. The number of hydrogen-bond donors (Lipinski definition) is 0. The second kappa shape index (κ2) is 10.7. The van der Waals surface area contributed by atoms with E-state index in [9.17, 15) is 9.59 Å². The second-order valence-corrected chi connectivity index (χ2v) is 8.59. The Labute approximate surface area is 206 Å². The lowest BCUT2D eigenvalue weighted by Gasteiger charge is -2.14. The van der Waals surface area contributed by atoms with Gasteiger partial charge in [0.25, 0.3) is 5.91 Å². The highest BCUT2D eigenvalue weighted by atomic mass is 35.5. The maximum absolute atomic E-state index is 13.1. The highest BCUT2D eigenvalue weighted by Crippen LogP contribution is 2.36. The Balaban J connectivity index is 1.63. The van der Waals surface area contributed by atoms with Crippen LogP contribution in [0.1, 0.15) is 16.1 Å². The molecule has 1 saturated heterocycles. The number of amides is 1. The third-order valence-electron chi connectivity index (χ3n) is 4.94. The first-order chi connectivity index (χ1) is 16.5. The molecule has 0 saturated carbocycles. The molecule has 4 rings (SSSR count). The highest BCUT2D eigenvalue weighted by Gasteiger charge is 2.33. The first kappa shape index (κ1) is 23.8. The minimum absolute atomic E-state index is 0.180. The summed E-state index contributed by atoms with van der Waals surface area (Å²) in [6, 6.07) is 17.7. The number of nitrogens with zero attached hydrogens (tertiary/aromatic N) is 2. The SMILES string of the molecule is COCCN1C(=O)/C(=C\c2ccc(-c3cc(C(=O)OC)ccc3Cl)o2)SC1=Nc1ccccc1. The van der Waals surface area contributed by atoms with Crippen molar-refractivity contribution in [3.8, 4) is 11.3 Å². The van der Waals surface area contributed by atoms with Gasteiger partial charge in [-0.2, -0.15) is 0 Å². The fourth-order valence-electron chi connectivity index (χ4n) is 3.25. The lowest BCUT2D eigenvalue weighted by molar-refractivity contribution is -0.122. The molecule has 0 bridgehead atoms. The van der Waals surface area contributed by atoms with Gasteiger partial charge in [-0.3, -0.25) is 9.69 Å². The van der Waals surface area contributed by atoms with Crippen LogP contribution in [0.4, 0.5) is 5.69 Å². The molecule has 1 aliphatic rings. The van der Waals surface area contributed by atoms with Crippen molar-refractivity contribution in [2.45, 2.75) is 0 Å². The molecule has 174 valence electrons. The molecule has 0 N–H and O–H groups in total. The number of carbonyl (C=O) groups is 2. The maximum atomic E-state index is 13.1. The maximum Gasteiger partial charge on any atom is 0.337 e. The van der Waals surface area contributed by atoms with Crippen LogP contribution in [0.5, 0.6) is 0 Å². The van der Waals surface area contributed by atoms with Gasteiger partial charge in [0, 0.05) is 18.7 Å². The first-order valence-electron chi connectivity index (χ1n) is 10.3. The summed E-state index contributed by atoms with van der Waals surface area (Å²) in [5.74, 6) is 0.284. The van der Waals surface area contributed by atoms with E-state index in [-0.39, 0.29) is 5.91 Å². The third kappa shape index (κ3) is 5.25. The van der Waals surface area contributed by atoms with Gasteiger partial charge < -0.3 is 13.9 Å². The van der Waals surface area contributed by atoms with Crippen molar-refractivity contribution < 1.29 is 23.5 Å². The number of hydrogen-bond acceptors (Lipinski definition) is 7. The normalized spacial score (nSPS) is 16.0. The van der Waals surface area contributed by atoms with E-state index in [0.29, 0.717) is 50.9 Å². The summed E-state index contributed by atoms with van der Waals surface area (Å²) < 4.78 is 15.9. The molecular formula is C25H21ClN2O5S. The quantitative estimate of drug-likeness (QED) is 0.311. The monoisotopic (exact) mass is 496 g/mol. The number of aliphatic imine (C=N–C) groups is 1. The van der Waals surface area contributed by atoms with Gasteiger partial charge in [0.1, 0.15) is 11.5 Å². The number of para-hydroxylation sites is 1. The molecule has 2 heterocycles. The van der Waals surface area contributed by atoms with E-state index >= 15 is 0 Å². The number of halogens is 1. The van der Waals surface area contributed by atoms with Crippen molar-refractivity contribution in [3.63, 3.8) is 0 Å². The number of ether oxygens (including phenoxy) is 2. The largest absolute Gasteiger partial charge is 0.465 e. The summed E-state index contributed by atoms with van der Waals surface area (Å²) in [5.41, 5.74) is 1.66. The molecule has 0 radical (unpaired) electrons.